The van der Waals surface area contributed by atoms with Crippen molar-refractivity contribution in [2.24, 2.45) is 4.99 Å². The SMILES string of the molecule is Cc1cc(C)c(Cc2ccc(C(=C3C=CC(=Nc4c(C)cc(C)cc4C)c4ccccc43)c3ccc(Cc4c(C)cc(C)cc4C)cc3)cc2)c(C)c1. The normalized spacial score (nSPS) is 13.1. The number of rotatable bonds is 7. The molecule has 1 heteroatoms. The van der Waals surface area contributed by atoms with E-state index in [4.69, 9.17) is 4.99 Å². The Morgan fingerprint density at radius 3 is 1.26 bits per heavy atom. The Bertz CT molecular complexity index is 2270. The van der Waals surface area contributed by atoms with Crippen molar-refractivity contribution in [3.8, 4) is 0 Å². The van der Waals surface area contributed by atoms with Gasteiger partial charge in [-0.05, 0) is 165 Å². The predicted octanol–water partition coefficient (Wildman–Crippen LogP) is 13.3. The molecule has 6 aromatic rings. The number of fused-ring (bicyclic) bond motifs is 1. The Morgan fingerprint density at radius 2 is 0.830 bits per heavy atom. The van der Waals surface area contributed by atoms with Crippen molar-refractivity contribution in [2.45, 2.75) is 75.2 Å². The van der Waals surface area contributed by atoms with Crippen LogP contribution in [0.15, 0.2) is 126 Å². The molecular formula is C52H51N. The molecule has 0 radical (unpaired) electrons. The second-order valence-corrected chi connectivity index (χ2v) is 15.4. The van der Waals surface area contributed by atoms with Crippen LogP contribution < -0.4 is 0 Å². The molecule has 0 unspecified atom stereocenters. The minimum atomic E-state index is 0.928. The van der Waals surface area contributed by atoms with Gasteiger partial charge in [-0.3, -0.25) is 0 Å². The van der Waals surface area contributed by atoms with Crippen LogP contribution in [-0.2, 0) is 12.8 Å². The third-order valence-electron chi connectivity index (χ3n) is 11.0. The van der Waals surface area contributed by atoms with Crippen LogP contribution in [0.4, 0.5) is 5.69 Å². The molecule has 1 aliphatic rings. The van der Waals surface area contributed by atoms with Crippen molar-refractivity contribution in [1.82, 2.24) is 0 Å². The number of benzene rings is 6. The van der Waals surface area contributed by atoms with Crippen LogP contribution in [0.3, 0.4) is 0 Å². The number of nitrogens with zero attached hydrogens (tertiary/aromatic N) is 1. The molecule has 1 aliphatic carbocycles. The van der Waals surface area contributed by atoms with Crippen LogP contribution in [0.2, 0.25) is 0 Å². The van der Waals surface area contributed by atoms with Crippen molar-refractivity contribution in [2.75, 3.05) is 0 Å². The molecule has 53 heavy (non-hydrogen) atoms. The summed E-state index contributed by atoms with van der Waals surface area (Å²) >= 11 is 0. The van der Waals surface area contributed by atoms with E-state index in [0.29, 0.717) is 0 Å². The maximum absolute atomic E-state index is 5.29. The van der Waals surface area contributed by atoms with Crippen LogP contribution in [0.25, 0.3) is 11.1 Å². The van der Waals surface area contributed by atoms with Gasteiger partial charge in [-0.2, -0.15) is 0 Å². The van der Waals surface area contributed by atoms with Gasteiger partial charge in [0.15, 0.2) is 0 Å². The van der Waals surface area contributed by atoms with Gasteiger partial charge in [0.25, 0.3) is 0 Å². The maximum atomic E-state index is 5.29. The Morgan fingerprint density at radius 1 is 0.434 bits per heavy atom. The Hall–Kier alpha value is -5.53. The van der Waals surface area contributed by atoms with E-state index >= 15 is 0 Å². The minimum absolute atomic E-state index is 0.928. The molecule has 0 N–H and O–H groups in total. The summed E-state index contributed by atoms with van der Waals surface area (Å²) in [5.41, 5.74) is 26.6. The minimum Gasteiger partial charge on any atom is -0.248 e. The Labute approximate surface area is 317 Å². The molecule has 0 aromatic heterocycles. The highest BCUT2D eigenvalue weighted by molar-refractivity contribution is 6.19. The fraction of sp³-hybridized carbons (Fsp3) is 0.212. The number of hydrogen-bond donors (Lipinski definition) is 0. The smallest absolute Gasteiger partial charge is 0.0715 e. The van der Waals surface area contributed by atoms with Gasteiger partial charge in [-0.1, -0.05) is 132 Å². The third-order valence-corrected chi connectivity index (χ3v) is 11.0. The molecule has 0 atom stereocenters. The maximum Gasteiger partial charge on any atom is 0.0715 e. The van der Waals surface area contributed by atoms with Crippen LogP contribution in [-0.4, -0.2) is 5.71 Å². The first-order valence-electron chi connectivity index (χ1n) is 19.0. The molecule has 0 heterocycles. The molecule has 0 spiro atoms. The monoisotopic (exact) mass is 689 g/mol. The molecule has 0 saturated heterocycles. The van der Waals surface area contributed by atoms with E-state index in [-0.39, 0.29) is 0 Å². The summed E-state index contributed by atoms with van der Waals surface area (Å²) in [6.07, 6.45) is 6.36. The third kappa shape index (κ3) is 7.53. The molecule has 0 bridgehead atoms. The topological polar surface area (TPSA) is 12.4 Å². The second-order valence-electron chi connectivity index (χ2n) is 15.4. The van der Waals surface area contributed by atoms with Crippen LogP contribution in [0.1, 0.15) is 94.6 Å². The lowest BCUT2D eigenvalue weighted by Gasteiger charge is -2.22. The van der Waals surface area contributed by atoms with Gasteiger partial charge in [0, 0.05) is 5.56 Å². The summed E-state index contributed by atoms with van der Waals surface area (Å²) in [6.45, 7) is 19.8. The molecular weight excluding hydrogens is 639 g/mol. The second kappa shape index (κ2) is 14.8. The number of aryl methyl sites for hydroxylation is 9. The Kier molecular flexibility index (Phi) is 10.0. The van der Waals surface area contributed by atoms with E-state index in [2.05, 4.69) is 184 Å². The standard InChI is InChI=1S/C52H51N/c1-32-24-35(4)48(36(5)25-32)30-41-14-18-43(19-15-41)51(44-20-16-42(17-21-44)31-49-37(6)26-33(2)27-38(49)7)47-22-23-50(46-13-11-10-12-45(46)47)53-52-39(8)28-34(3)29-40(52)9/h10-29H,30-31H2,1-9H3. The summed E-state index contributed by atoms with van der Waals surface area (Å²) < 4.78 is 0. The van der Waals surface area contributed by atoms with Crippen molar-refractivity contribution in [3.63, 3.8) is 0 Å². The van der Waals surface area contributed by atoms with Crippen LogP contribution in [0.5, 0.6) is 0 Å². The van der Waals surface area contributed by atoms with E-state index < -0.39 is 0 Å². The van der Waals surface area contributed by atoms with Crippen molar-refractivity contribution >= 4 is 22.5 Å². The van der Waals surface area contributed by atoms with Crippen LogP contribution in [0, 0.1) is 62.3 Å². The molecule has 1 nitrogen and oxygen atoms in total. The molecule has 0 aliphatic heterocycles. The lowest BCUT2D eigenvalue weighted by molar-refractivity contribution is 1.11. The molecule has 0 amide bonds. The van der Waals surface area contributed by atoms with Crippen LogP contribution >= 0.6 is 0 Å². The molecule has 264 valence electrons. The first-order valence-corrected chi connectivity index (χ1v) is 19.0. The van der Waals surface area contributed by atoms with Gasteiger partial charge in [-0.15, -0.1) is 0 Å². The predicted molar refractivity (Wildman–Crippen MR) is 228 cm³/mol. The quantitative estimate of drug-likeness (QED) is 0.158. The van der Waals surface area contributed by atoms with Crippen molar-refractivity contribution in [3.05, 3.63) is 216 Å². The summed E-state index contributed by atoms with van der Waals surface area (Å²) in [6, 6.07) is 41.0. The highest BCUT2D eigenvalue weighted by Crippen LogP contribution is 2.39. The largest absolute Gasteiger partial charge is 0.248 e. The lowest BCUT2D eigenvalue weighted by atomic mass is 9.83. The van der Waals surface area contributed by atoms with E-state index in [1.54, 1.807) is 0 Å². The van der Waals surface area contributed by atoms with E-state index in [9.17, 15) is 0 Å². The zero-order valence-corrected chi connectivity index (χ0v) is 32.9. The highest BCUT2D eigenvalue weighted by atomic mass is 14.8. The van der Waals surface area contributed by atoms with Gasteiger partial charge in [-0.25, -0.2) is 4.99 Å². The summed E-state index contributed by atoms with van der Waals surface area (Å²) in [5, 5.41) is 0. The molecule has 6 aromatic carbocycles. The van der Waals surface area contributed by atoms with Gasteiger partial charge >= 0.3 is 0 Å². The van der Waals surface area contributed by atoms with E-state index in [1.165, 1.54) is 100 Å². The van der Waals surface area contributed by atoms with Gasteiger partial charge in [0.1, 0.15) is 0 Å². The van der Waals surface area contributed by atoms with Gasteiger partial charge in [0.2, 0.25) is 0 Å². The fourth-order valence-electron chi connectivity index (χ4n) is 8.51. The van der Waals surface area contributed by atoms with Crippen molar-refractivity contribution in [1.29, 1.82) is 0 Å². The number of allylic oxidation sites excluding steroid dienone is 3. The highest BCUT2D eigenvalue weighted by Gasteiger charge is 2.21. The summed E-state index contributed by atoms with van der Waals surface area (Å²) in [4.78, 5) is 5.29. The number of aliphatic imine (C=N–C) groups is 1. The first kappa shape index (κ1) is 35.9. The zero-order chi connectivity index (χ0) is 37.4. The van der Waals surface area contributed by atoms with Gasteiger partial charge in [0.05, 0.1) is 11.4 Å². The van der Waals surface area contributed by atoms with Gasteiger partial charge < -0.3 is 0 Å². The molecule has 0 fully saturated rings. The average molecular weight is 690 g/mol. The molecule has 0 saturated carbocycles. The lowest BCUT2D eigenvalue weighted by Crippen LogP contribution is -2.08. The average Bonchev–Trinajstić information content (AvgIpc) is 3.11. The van der Waals surface area contributed by atoms with E-state index in [1.807, 2.05) is 0 Å². The van der Waals surface area contributed by atoms with E-state index in [0.717, 1.165) is 29.8 Å². The summed E-state index contributed by atoms with van der Waals surface area (Å²) in [7, 11) is 0. The summed E-state index contributed by atoms with van der Waals surface area (Å²) in [5.74, 6) is 0. The van der Waals surface area contributed by atoms with Crippen molar-refractivity contribution < 1.29 is 0 Å². The molecule has 7 rings (SSSR count). The number of hydrogen-bond acceptors (Lipinski definition) is 1. The first-order chi connectivity index (χ1) is 25.4. The zero-order valence-electron chi connectivity index (χ0n) is 32.9. The fourth-order valence-corrected chi connectivity index (χ4v) is 8.51. The Balaban J connectivity index is 1.34.